The summed E-state index contributed by atoms with van der Waals surface area (Å²) in [5.74, 6) is -0.804. The highest BCUT2D eigenvalue weighted by Gasteiger charge is 2.03. The van der Waals surface area contributed by atoms with Crippen molar-refractivity contribution in [3.63, 3.8) is 0 Å². The van der Waals surface area contributed by atoms with Gasteiger partial charge in [0.15, 0.2) is 5.58 Å². The Kier molecular flexibility index (Phi) is 3.80. The normalized spacial score (nSPS) is 11.1. The summed E-state index contributed by atoms with van der Waals surface area (Å²) in [4.78, 5) is 25.5. The van der Waals surface area contributed by atoms with Crippen molar-refractivity contribution in [2.45, 2.75) is 0 Å². The van der Waals surface area contributed by atoms with Crippen molar-refractivity contribution in [1.82, 2.24) is 4.98 Å². The van der Waals surface area contributed by atoms with Gasteiger partial charge in [0.1, 0.15) is 0 Å². The molecule has 1 amide bonds. The number of oxazole rings is 1. The number of carbonyl (C=O) groups excluding carboxylic acids is 1. The smallest absolute Gasteiger partial charge is 0.408 e. The number of aromatic nitrogens is 1. The Morgan fingerprint density at radius 2 is 1.95 bits per heavy atom. The van der Waals surface area contributed by atoms with Gasteiger partial charge < -0.3 is 9.73 Å². The maximum Gasteiger partial charge on any atom is 0.417 e. The van der Waals surface area contributed by atoms with E-state index in [0.717, 1.165) is 5.56 Å². The van der Waals surface area contributed by atoms with Crippen LogP contribution in [0.5, 0.6) is 0 Å². The molecule has 0 atom stereocenters. The van der Waals surface area contributed by atoms with E-state index in [-0.39, 0.29) is 5.91 Å². The third-order valence-corrected chi connectivity index (χ3v) is 3.24. The lowest BCUT2D eigenvalue weighted by atomic mass is 10.2. The van der Waals surface area contributed by atoms with Crippen LogP contribution in [0.2, 0.25) is 5.02 Å². The molecular weight excluding hydrogens is 304 g/mol. The predicted octanol–water partition coefficient (Wildman–Crippen LogP) is 3.43. The number of amides is 1. The first-order valence-electron chi connectivity index (χ1n) is 6.48. The number of H-pyrrole nitrogens is 1. The first-order valence-corrected chi connectivity index (χ1v) is 6.85. The Hall–Kier alpha value is -2.79. The van der Waals surface area contributed by atoms with Crippen LogP contribution in [0.25, 0.3) is 17.2 Å². The molecule has 0 aliphatic carbocycles. The molecule has 1 aromatic heterocycles. The topological polar surface area (TPSA) is 75.1 Å². The number of halogens is 1. The molecule has 0 bridgehead atoms. The van der Waals surface area contributed by atoms with Gasteiger partial charge in [-0.2, -0.15) is 0 Å². The number of carbonyl (C=O) groups is 1. The first kappa shape index (κ1) is 14.2. The Morgan fingerprint density at radius 1 is 1.18 bits per heavy atom. The van der Waals surface area contributed by atoms with Crippen LogP contribution in [0.4, 0.5) is 5.69 Å². The third-order valence-electron chi connectivity index (χ3n) is 2.98. The number of aromatic amines is 1. The van der Waals surface area contributed by atoms with E-state index in [4.69, 9.17) is 16.0 Å². The highest BCUT2D eigenvalue weighted by molar-refractivity contribution is 6.30. The van der Waals surface area contributed by atoms with Gasteiger partial charge in [0, 0.05) is 16.8 Å². The van der Waals surface area contributed by atoms with E-state index in [1.807, 2.05) is 12.1 Å². The molecule has 6 heteroatoms. The molecule has 0 aliphatic heterocycles. The summed E-state index contributed by atoms with van der Waals surface area (Å²) in [6.07, 6.45) is 3.11. The van der Waals surface area contributed by atoms with Crippen LogP contribution < -0.4 is 11.1 Å². The molecule has 0 fully saturated rings. The molecule has 110 valence electrons. The van der Waals surface area contributed by atoms with E-state index < -0.39 is 5.76 Å². The van der Waals surface area contributed by atoms with Crippen LogP contribution in [0.1, 0.15) is 5.56 Å². The second-order valence-corrected chi connectivity index (χ2v) is 5.04. The largest absolute Gasteiger partial charge is 0.417 e. The molecule has 0 saturated heterocycles. The highest BCUT2D eigenvalue weighted by atomic mass is 35.5. The maximum atomic E-state index is 11.9. The summed E-state index contributed by atoms with van der Waals surface area (Å²) in [6, 6.07) is 12.0. The number of nitrogens with one attached hydrogen (secondary N) is 2. The Morgan fingerprint density at radius 3 is 2.73 bits per heavy atom. The van der Waals surface area contributed by atoms with E-state index in [1.165, 1.54) is 6.08 Å². The first-order chi connectivity index (χ1) is 10.6. The average molecular weight is 315 g/mol. The van der Waals surface area contributed by atoms with Gasteiger partial charge in [-0.3, -0.25) is 9.78 Å². The maximum absolute atomic E-state index is 11.9. The number of fused-ring (bicyclic) bond motifs is 1. The Bertz CT molecular complexity index is 907. The second kappa shape index (κ2) is 5.91. The zero-order valence-corrected chi connectivity index (χ0v) is 12.1. The van der Waals surface area contributed by atoms with Crippen LogP contribution in [0.3, 0.4) is 0 Å². The van der Waals surface area contributed by atoms with Gasteiger partial charge in [0.05, 0.1) is 5.52 Å². The van der Waals surface area contributed by atoms with E-state index in [9.17, 15) is 9.59 Å². The monoisotopic (exact) mass is 314 g/mol. The summed E-state index contributed by atoms with van der Waals surface area (Å²) >= 11 is 5.79. The van der Waals surface area contributed by atoms with Crippen LogP contribution in [0, 0.1) is 0 Å². The summed E-state index contributed by atoms with van der Waals surface area (Å²) in [5, 5.41) is 3.35. The van der Waals surface area contributed by atoms with Crippen molar-refractivity contribution in [1.29, 1.82) is 0 Å². The minimum absolute atomic E-state index is 0.278. The molecule has 1 heterocycles. The van der Waals surface area contributed by atoms with E-state index in [2.05, 4.69) is 10.3 Å². The van der Waals surface area contributed by atoms with Gasteiger partial charge in [-0.15, -0.1) is 0 Å². The van der Waals surface area contributed by atoms with E-state index in [1.54, 1.807) is 36.4 Å². The fourth-order valence-corrected chi connectivity index (χ4v) is 2.09. The Labute approximate surface area is 130 Å². The minimum atomic E-state index is -0.527. The number of benzene rings is 2. The molecule has 0 unspecified atom stereocenters. The van der Waals surface area contributed by atoms with Crippen molar-refractivity contribution in [2.75, 3.05) is 5.32 Å². The molecule has 3 rings (SSSR count). The summed E-state index contributed by atoms with van der Waals surface area (Å²) in [5.41, 5.74) is 2.41. The molecule has 2 aromatic carbocycles. The molecule has 3 aromatic rings. The summed E-state index contributed by atoms with van der Waals surface area (Å²) in [7, 11) is 0. The third kappa shape index (κ3) is 3.27. The molecule has 22 heavy (non-hydrogen) atoms. The molecule has 0 radical (unpaired) electrons. The molecule has 2 N–H and O–H groups in total. The molecule has 5 nitrogen and oxygen atoms in total. The second-order valence-electron chi connectivity index (χ2n) is 4.60. The van der Waals surface area contributed by atoms with Gasteiger partial charge in [-0.05, 0) is 42.0 Å². The van der Waals surface area contributed by atoms with Crippen molar-refractivity contribution < 1.29 is 9.21 Å². The van der Waals surface area contributed by atoms with Gasteiger partial charge >= 0.3 is 5.76 Å². The highest BCUT2D eigenvalue weighted by Crippen LogP contribution is 2.16. The van der Waals surface area contributed by atoms with Crippen LogP contribution in [-0.4, -0.2) is 10.9 Å². The predicted molar refractivity (Wildman–Crippen MR) is 86.0 cm³/mol. The summed E-state index contributed by atoms with van der Waals surface area (Å²) < 4.78 is 4.89. The van der Waals surface area contributed by atoms with E-state index >= 15 is 0 Å². The van der Waals surface area contributed by atoms with Crippen LogP contribution >= 0.6 is 11.6 Å². The van der Waals surface area contributed by atoms with Gasteiger partial charge in [-0.1, -0.05) is 23.7 Å². The van der Waals surface area contributed by atoms with Crippen LogP contribution in [0.15, 0.2) is 57.8 Å². The number of hydrogen-bond donors (Lipinski definition) is 2. The Balaban J connectivity index is 1.72. The van der Waals surface area contributed by atoms with Gasteiger partial charge in [0.2, 0.25) is 5.91 Å². The zero-order valence-electron chi connectivity index (χ0n) is 11.3. The summed E-state index contributed by atoms with van der Waals surface area (Å²) in [6.45, 7) is 0. The van der Waals surface area contributed by atoms with Gasteiger partial charge in [0.25, 0.3) is 0 Å². The minimum Gasteiger partial charge on any atom is -0.408 e. The van der Waals surface area contributed by atoms with Crippen molar-refractivity contribution >= 4 is 40.4 Å². The van der Waals surface area contributed by atoms with Gasteiger partial charge in [-0.25, -0.2) is 4.79 Å². The number of anilines is 1. The SMILES string of the molecule is O=C(/C=C/c1ccc(Cl)cc1)Nc1ccc2oc(=O)[nH]c2c1. The molecule has 0 spiro atoms. The standard InChI is InChI=1S/C16H11ClN2O3/c17-11-4-1-10(2-5-11)3-8-15(20)18-12-6-7-14-13(9-12)19-16(21)22-14/h1-9H,(H,18,20)(H,19,21)/b8-3+. The quantitative estimate of drug-likeness (QED) is 0.727. The average Bonchev–Trinajstić information content (AvgIpc) is 2.86. The van der Waals surface area contributed by atoms with E-state index in [0.29, 0.717) is 21.8 Å². The van der Waals surface area contributed by atoms with Crippen LogP contribution in [-0.2, 0) is 4.79 Å². The lowest BCUT2D eigenvalue weighted by Crippen LogP contribution is -2.07. The fraction of sp³-hybridized carbons (Fsp3) is 0. The van der Waals surface area contributed by atoms with Crippen molar-refractivity contribution in [2.24, 2.45) is 0 Å². The number of rotatable bonds is 3. The van der Waals surface area contributed by atoms with Crippen molar-refractivity contribution in [3.8, 4) is 0 Å². The van der Waals surface area contributed by atoms with Crippen molar-refractivity contribution in [3.05, 3.63) is 69.7 Å². The molecule has 0 saturated carbocycles. The molecular formula is C16H11ClN2O3. The zero-order chi connectivity index (χ0) is 15.5. The lowest BCUT2D eigenvalue weighted by Gasteiger charge is -2.01. The molecule has 0 aliphatic rings. The lowest BCUT2D eigenvalue weighted by molar-refractivity contribution is -0.111. The fourth-order valence-electron chi connectivity index (χ4n) is 1.96. The number of hydrogen-bond acceptors (Lipinski definition) is 3.